The number of nitrogens with zero attached hydrogens (tertiary/aromatic N) is 1. The van der Waals surface area contributed by atoms with Crippen molar-refractivity contribution < 1.29 is 9.53 Å². The first-order chi connectivity index (χ1) is 10.9. The van der Waals surface area contributed by atoms with E-state index in [1.54, 1.807) is 0 Å². The van der Waals surface area contributed by atoms with E-state index >= 15 is 0 Å². The van der Waals surface area contributed by atoms with Gasteiger partial charge in [0, 0.05) is 19.1 Å². The minimum Gasteiger partial charge on any atom is -0.444 e. The molecule has 4 nitrogen and oxygen atoms in total. The molecule has 128 valence electrons. The molecule has 1 N–H and O–H groups in total. The number of carbonyl (C=O) groups is 1. The van der Waals surface area contributed by atoms with Crippen LogP contribution in [-0.4, -0.2) is 42.3 Å². The molecule has 0 spiro atoms. The Balaban J connectivity index is 1.81. The molecule has 0 unspecified atom stereocenters. The van der Waals surface area contributed by atoms with E-state index in [1.165, 1.54) is 5.56 Å². The van der Waals surface area contributed by atoms with E-state index < -0.39 is 5.60 Å². The molecule has 0 saturated carbocycles. The van der Waals surface area contributed by atoms with E-state index in [-0.39, 0.29) is 6.09 Å². The minimum atomic E-state index is -0.431. The van der Waals surface area contributed by atoms with Gasteiger partial charge in [0.25, 0.3) is 0 Å². The van der Waals surface area contributed by atoms with Gasteiger partial charge in [0.2, 0.25) is 0 Å². The highest BCUT2D eigenvalue weighted by Gasteiger charge is 2.26. The first-order valence-corrected chi connectivity index (χ1v) is 8.69. The maximum atomic E-state index is 12.3. The summed E-state index contributed by atoms with van der Waals surface area (Å²) in [5.74, 6) is 0. The number of carbonyl (C=O) groups excluding carboxylic acids is 1. The molecule has 4 heteroatoms. The van der Waals surface area contributed by atoms with Gasteiger partial charge in [-0.2, -0.15) is 0 Å². The zero-order valence-electron chi connectivity index (χ0n) is 14.7. The van der Waals surface area contributed by atoms with Crippen molar-refractivity contribution in [1.82, 2.24) is 10.2 Å². The topological polar surface area (TPSA) is 41.6 Å². The molecule has 1 heterocycles. The summed E-state index contributed by atoms with van der Waals surface area (Å²) in [6, 6.07) is 10.9. The van der Waals surface area contributed by atoms with Crippen molar-refractivity contribution in [3.05, 3.63) is 35.9 Å². The summed E-state index contributed by atoms with van der Waals surface area (Å²) < 4.78 is 5.51. The molecule has 23 heavy (non-hydrogen) atoms. The Morgan fingerprint density at radius 1 is 1.26 bits per heavy atom. The molecule has 1 saturated heterocycles. The first-order valence-electron chi connectivity index (χ1n) is 8.69. The van der Waals surface area contributed by atoms with E-state index in [2.05, 4.69) is 29.6 Å². The van der Waals surface area contributed by atoms with Crippen LogP contribution in [0.3, 0.4) is 0 Å². The highest BCUT2D eigenvalue weighted by atomic mass is 16.6. The van der Waals surface area contributed by atoms with Crippen molar-refractivity contribution in [2.45, 2.75) is 58.1 Å². The van der Waals surface area contributed by atoms with Crippen LogP contribution in [0.15, 0.2) is 30.3 Å². The molecule has 1 aliphatic heterocycles. The van der Waals surface area contributed by atoms with Crippen molar-refractivity contribution in [1.29, 1.82) is 0 Å². The molecule has 0 aliphatic carbocycles. The van der Waals surface area contributed by atoms with Gasteiger partial charge in [0.1, 0.15) is 5.60 Å². The lowest BCUT2D eigenvalue weighted by molar-refractivity contribution is 0.0244. The summed E-state index contributed by atoms with van der Waals surface area (Å²) in [6.45, 7) is 8.22. The molecule has 1 aromatic carbocycles. The SMILES string of the molecule is CC(C)(C)OC(=O)N1CCCC[C@@H](NCCc2ccccc2)C1. The van der Waals surface area contributed by atoms with Gasteiger partial charge in [-0.1, -0.05) is 36.8 Å². The third kappa shape index (κ3) is 6.61. The van der Waals surface area contributed by atoms with E-state index in [0.29, 0.717) is 6.04 Å². The van der Waals surface area contributed by atoms with Gasteiger partial charge in [0.05, 0.1) is 0 Å². The van der Waals surface area contributed by atoms with Crippen LogP contribution >= 0.6 is 0 Å². The minimum absolute atomic E-state index is 0.186. The van der Waals surface area contributed by atoms with Gasteiger partial charge in [-0.05, 0) is 52.1 Å². The Morgan fingerprint density at radius 3 is 2.70 bits per heavy atom. The van der Waals surface area contributed by atoms with Crippen LogP contribution < -0.4 is 5.32 Å². The number of nitrogens with one attached hydrogen (secondary N) is 1. The average Bonchev–Trinajstić information content (AvgIpc) is 2.72. The second-order valence-corrected chi connectivity index (χ2v) is 7.31. The molecule has 1 aliphatic rings. The number of ether oxygens (including phenoxy) is 1. The lowest BCUT2D eigenvalue weighted by atomic mass is 10.1. The molecular weight excluding hydrogens is 288 g/mol. The average molecular weight is 318 g/mol. The van der Waals surface area contributed by atoms with Gasteiger partial charge in [-0.15, -0.1) is 0 Å². The van der Waals surface area contributed by atoms with E-state index in [4.69, 9.17) is 4.74 Å². The largest absolute Gasteiger partial charge is 0.444 e. The Kier molecular flexibility index (Phi) is 6.46. The van der Waals surface area contributed by atoms with Gasteiger partial charge in [-0.3, -0.25) is 0 Å². The number of benzene rings is 1. The van der Waals surface area contributed by atoms with Crippen LogP contribution in [0.1, 0.15) is 45.6 Å². The summed E-state index contributed by atoms with van der Waals surface area (Å²) >= 11 is 0. The van der Waals surface area contributed by atoms with Crippen molar-refractivity contribution in [2.75, 3.05) is 19.6 Å². The first kappa shape index (κ1) is 17.8. The molecular formula is C19H30N2O2. The molecule has 1 fully saturated rings. The number of hydrogen-bond donors (Lipinski definition) is 1. The Bertz CT molecular complexity index is 482. The van der Waals surface area contributed by atoms with Gasteiger partial charge in [-0.25, -0.2) is 4.79 Å². The van der Waals surface area contributed by atoms with Crippen molar-refractivity contribution in [3.63, 3.8) is 0 Å². The van der Waals surface area contributed by atoms with Crippen LogP contribution in [0.2, 0.25) is 0 Å². The normalized spacial score (nSPS) is 19.3. The maximum Gasteiger partial charge on any atom is 0.410 e. The van der Waals surface area contributed by atoms with Gasteiger partial charge >= 0.3 is 6.09 Å². The molecule has 0 radical (unpaired) electrons. The summed E-state index contributed by atoms with van der Waals surface area (Å²) in [4.78, 5) is 14.1. The van der Waals surface area contributed by atoms with Crippen LogP contribution in [-0.2, 0) is 11.2 Å². The second kappa shape index (κ2) is 8.34. The van der Waals surface area contributed by atoms with Crippen molar-refractivity contribution in [3.8, 4) is 0 Å². The number of amides is 1. The van der Waals surface area contributed by atoms with E-state index in [0.717, 1.165) is 45.3 Å². The second-order valence-electron chi connectivity index (χ2n) is 7.31. The molecule has 1 aromatic rings. The van der Waals surface area contributed by atoms with Gasteiger partial charge < -0.3 is 15.0 Å². The van der Waals surface area contributed by atoms with Crippen molar-refractivity contribution >= 4 is 6.09 Å². The summed E-state index contributed by atoms with van der Waals surface area (Å²) in [5.41, 5.74) is 0.914. The standard InChI is InChI=1S/C19H30N2O2/c1-19(2,3)23-18(22)21-14-8-7-11-17(15-21)20-13-12-16-9-5-4-6-10-16/h4-6,9-10,17,20H,7-8,11-15H2,1-3H3/t17-/m1/s1. The van der Waals surface area contributed by atoms with Crippen LogP contribution in [0.25, 0.3) is 0 Å². The Labute approximate surface area is 140 Å². The predicted octanol–water partition coefficient (Wildman–Crippen LogP) is 3.61. The fourth-order valence-electron chi connectivity index (χ4n) is 2.87. The molecule has 0 aromatic heterocycles. The summed E-state index contributed by atoms with van der Waals surface area (Å²) in [7, 11) is 0. The third-order valence-corrected chi connectivity index (χ3v) is 4.01. The van der Waals surface area contributed by atoms with Gasteiger partial charge in [0.15, 0.2) is 0 Å². The predicted molar refractivity (Wildman–Crippen MR) is 93.6 cm³/mol. The highest BCUT2D eigenvalue weighted by molar-refractivity contribution is 5.68. The fourth-order valence-corrected chi connectivity index (χ4v) is 2.87. The fraction of sp³-hybridized carbons (Fsp3) is 0.632. The zero-order valence-corrected chi connectivity index (χ0v) is 14.7. The Hall–Kier alpha value is -1.55. The zero-order chi connectivity index (χ0) is 16.7. The molecule has 1 atom stereocenters. The molecule has 2 rings (SSSR count). The lowest BCUT2D eigenvalue weighted by Crippen LogP contribution is -2.44. The maximum absolute atomic E-state index is 12.3. The van der Waals surface area contributed by atoms with E-state index in [9.17, 15) is 4.79 Å². The third-order valence-electron chi connectivity index (χ3n) is 4.01. The molecule has 0 bridgehead atoms. The molecule has 1 amide bonds. The summed E-state index contributed by atoms with van der Waals surface area (Å²) in [5, 5.41) is 3.61. The number of hydrogen-bond acceptors (Lipinski definition) is 3. The Morgan fingerprint density at radius 2 is 2.00 bits per heavy atom. The van der Waals surface area contributed by atoms with Crippen LogP contribution in [0, 0.1) is 0 Å². The number of likely N-dealkylation sites (tertiary alicyclic amines) is 1. The number of rotatable bonds is 4. The smallest absolute Gasteiger partial charge is 0.410 e. The van der Waals surface area contributed by atoms with Crippen molar-refractivity contribution in [2.24, 2.45) is 0 Å². The summed E-state index contributed by atoms with van der Waals surface area (Å²) in [6.07, 6.45) is 4.16. The monoisotopic (exact) mass is 318 g/mol. The highest BCUT2D eigenvalue weighted by Crippen LogP contribution is 2.15. The van der Waals surface area contributed by atoms with Crippen LogP contribution in [0.5, 0.6) is 0 Å². The van der Waals surface area contributed by atoms with E-state index in [1.807, 2.05) is 31.7 Å². The quantitative estimate of drug-likeness (QED) is 0.922. The lowest BCUT2D eigenvalue weighted by Gasteiger charge is -2.28. The van der Waals surface area contributed by atoms with Crippen LogP contribution in [0.4, 0.5) is 4.79 Å².